The molecule has 3 rings (SSSR count). The maximum absolute atomic E-state index is 10.9. The quantitative estimate of drug-likeness (QED) is 0.498. The number of benzene rings is 1. The average Bonchev–Trinajstić information content (AvgIpc) is 3.13. The topological polar surface area (TPSA) is 137 Å². The van der Waals surface area contributed by atoms with Gasteiger partial charge in [0.2, 0.25) is 6.29 Å². The Morgan fingerprint density at radius 1 is 1.04 bits per heavy atom. The molecule has 2 aromatic rings. The molecule has 9 heteroatoms. The zero-order chi connectivity index (χ0) is 18.8. The molecule has 0 aliphatic carbocycles. The van der Waals surface area contributed by atoms with Gasteiger partial charge in [0, 0.05) is 4.88 Å². The van der Waals surface area contributed by atoms with Crippen molar-refractivity contribution in [2.24, 2.45) is 0 Å². The fraction of sp³-hybridized carbons (Fsp3) is 0.353. The molecule has 1 fully saturated rings. The minimum Gasteiger partial charge on any atom is -0.477 e. The summed E-state index contributed by atoms with van der Waals surface area (Å²) in [6.07, 6.45) is -6.73. The minimum atomic E-state index is -1.51. The average molecular weight is 382 g/mol. The number of carboxylic acid groups (broad SMARTS) is 1. The molecule has 0 spiro atoms. The summed E-state index contributed by atoms with van der Waals surface area (Å²) in [5, 5.41) is 47.7. The molecule has 2 heterocycles. The van der Waals surface area contributed by atoms with Crippen LogP contribution in [0, 0.1) is 0 Å². The SMILES string of the molecule is O=C(O)c1ccc(-c2ccc(OC3OC(CO)C(O)C(O)C3O)cc2)s1. The largest absolute Gasteiger partial charge is 0.477 e. The van der Waals surface area contributed by atoms with E-state index in [0.29, 0.717) is 5.75 Å². The van der Waals surface area contributed by atoms with Crippen LogP contribution in [-0.2, 0) is 4.74 Å². The molecule has 0 bridgehead atoms. The Kier molecular flexibility index (Phi) is 5.56. The Bertz CT molecular complexity index is 756. The highest BCUT2D eigenvalue weighted by Crippen LogP contribution is 2.30. The molecule has 1 aromatic heterocycles. The third-order valence-electron chi connectivity index (χ3n) is 4.06. The van der Waals surface area contributed by atoms with Crippen molar-refractivity contribution in [2.45, 2.75) is 30.7 Å². The Hall–Kier alpha value is -2.01. The van der Waals surface area contributed by atoms with E-state index in [4.69, 9.17) is 14.6 Å². The summed E-state index contributed by atoms with van der Waals surface area (Å²) in [4.78, 5) is 12.0. The Labute approximate surface area is 152 Å². The molecule has 5 unspecified atom stereocenters. The number of carboxylic acids is 1. The van der Waals surface area contributed by atoms with Gasteiger partial charge in [0.15, 0.2) is 0 Å². The van der Waals surface area contributed by atoms with Gasteiger partial charge in [0.05, 0.1) is 6.61 Å². The van der Waals surface area contributed by atoms with Crippen molar-refractivity contribution in [3.8, 4) is 16.2 Å². The first-order valence-corrected chi connectivity index (χ1v) is 8.63. The number of hydrogen-bond acceptors (Lipinski definition) is 8. The summed E-state index contributed by atoms with van der Waals surface area (Å²) in [6, 6.07) is 9.89. The number of ether oxygens (including phenoxy) is 2. The number of aliphatic hydroxyl groups excluding tert-OH is 4. The molecule has 0 amide bonds. The van der Waals surface area contributed by atoms with E-state index in [2.05, 4.69) is 0 Å². The molecule has 1 aromatic carbocycles. The molecule has 0 radical (unpaired) electrons. The van der Waals surface area contributed by atoms with E-state index < -0.39 is 43.3 Å². The molecular formula is C17H18O8S. The lowest BCUT2D eigenvalue weighted by atomic mass is 9.99. The van der Waals surface area contributed by atoms with Gasteiger partial charge in [-0.2, -0.15) is 0 Å². The maximum Gasteiger partial charge on any atom is 0.345 e. The van der Waals surface area contributed by atoms with Crippen LogP contribution in [0.2, 0.25) is 0 Å². The van der Waals surface area contributed by atoms with E-state index in [1.807, 2.05) is 0 Å². The van der Waals surface area contributed by atoms with E-state index >= 15 is 0 Å². The third-order valence-corrected chi connectivity index (χ3v) is 5.18. The van der Waals surface area contributed by atoms with Crippen molar-refractivity contribution in [3.05, 3.63) is 41.3 Å². The van der Waals surface area contributed by atoms with Crippen LogP contribution in [0.4, 0.5) is 0 Å². The second-order valence-electron chi connectivity index (χ2n) is 5.81. The summed E-state index contributed by atoms with van der Waals surface area (Å²) in [5.74, 6) is -0.642. The number of hydrogen-bond donors (Lipinski definition) is 5. The highest BCUT2D eigenvalue weighted by molar-refractivity contribution is 7.17. The molecule has 140 valence electrons. The highest BCUT2D eigenvalue weighted by Gasteiger charge is 2.44. The van der Waals surface area contributed by atoms with E-state index in [1.54, 1.807) is 30.3 Å². The van der Waals surface area contributed by atoms with Crippen LogP contribution in [0.5, 0.6) is 5.75 Å². The maximum atomic E-state index is 10.9. The lowest BCUT2D eigenvalue weighted by molar-refractivity contribution is -0.277. The lowest BCUT2D eigenvalue weighted by Gasteiger charge is -2.39. The fourth-order valence-electron chi connectivity index (χ4n) is 2.60. The molecule has 1 aliphatic heterocycles. The van der Waals surface area contributed by atoms with E-state index in [9.17, 15) is 25.2 Å². The summed E-state index contributed by atoms with van der Waals surface area (Å²) in [7, 11) is 0. The van der Waals surface area contributed by atoms with Crippen LogP contribution in [-0.4, -0.2) is 68.8 Å². The summed E-state index contributed by atoms with van der Waals surface area (Å²) in [5.41, 5.74) is 0.795. The monoisotopic (exact) mass is 382 g/mol. The summed E-state index contributed by atoms with van der Waals surface area (Å²) < 4.78 is 10.8. The van der Waals surface area contributed by atoms with Gasteiger partial charge in [0.25, 0.3) is 0 Å². The molecule has 1 saturated heterocycles. The first-order valence-electron chi connectivity index (χ1n) is 7.81. The predicted molar refractivity (Wildman–Crippen MR) is 91.1 cm³/mol. The van der Waals surface area contributed by atoms with Gasteiger partial charge in [-0.3, -0.25) is 0 Å². The number of aromatic carboxylic acids is 1. The van der Waals surface area contributed by atoms with Crippen molar-refractivity contribution in [1.29, 1.82) is 0 Å². The van der Waals surface area contributed by atoms with Crippen LogP contribution in [0.1, 0.15) is 9.67 Å². The first-order chi connectivity index (χ1) is 12.4. The number of carbonyl (C=O) groups is 1. The van der Waals surface area contributed by atoms with Gasteiger partial charge < -0.3 is 35.0 Å². The van der Waals surface area contributed by atoms with Crippen molar-refractivity contribution < 1.29 is 39.8 Å². The van der Waals surface area contributed by atoms with Gasteiger partial charge >= 0.3 is 5.97 Å². The van der Waals surface area contributed by atoms with Gasteiger partial charge in [-0.15, -0.1) is 11.3 Å². The van der Waals surface area contributed by atoms with E-state index in [-0.39, 0.29) is 4.88 Å². The minimum absolute atomic E-state index is 0.238. The van der Waals surface area contributed by atoms with Crippen LogP contribution >= 0.6 is 11.3 Å². The standard InChI is InChI=1S/C17H18O8S/c18-7-10-13(19)14(20)15(21)17(25-10)24-9-3-1-8(2-4-9)11-5-6-12(26-11)16(22)23/h1-6,10,13-15,17-21H,7H2,(H,22,23). The second-order valence-corrected chi connectivity index (χ2v) is 6.89. The number of rotatable bonds is 5. The van der Waals surface area contributed by atoms with Gasteiger partial charge in [-0.25, -0.2) is 4.79 Å². The van der Waals surface area contributed by atoms with Crippen molar-refractivity contribution >= 4 is 17.3 Å². The Morgan fingerprint density at radius 2 is 1.73 bits per heavy atom. The highest BCUT2D eigenvalue weighted by atomic mass is 32.1. The Balaban J connectivity index is 1.71. The third kappa shape index (κ3) is 3.73. The van der Waals surface area contributed by atoms with Crippen LogP contribution < -0.4 is 4.74 Å². The molecular weight excluding hydrogens is 364 g/mol. The first kappa shape index (κ1) is 18.8. The molecule has 5 atom stereocenters. The molecule has 26 heavy (non-hydrogen) atoms. The number of aliphatic hydroxyl groups is 4. The van der Waals surface area contributed by atoms with Crippen molar-refractivity contribution in [3.63, 3.8) is 0 Å². The smallest absolute Gasteiger partial charge is 0.345 e. The van der Waals surface area contributed by atoms with Crippen molar-refractivity contribution in [2.75, 3.05) is 6.61 Å². The van der Waals surface area contributed by atoms with Crippen LogP contribution in [0.3, 0.4) is 0 Å². The summed E-state index contributed by atoms with van der Waals surface area (Å²) in [6.45, 7) is -0.534. The second kappa shape index (κ2) is 7.70. The van der Waals surface area contributed by atoms with Gasteiger partial charge in [0.1, 0.15) is 35.0 Å². The predicted octanol–water partition coefficient (Wildman–Crippen LogP) is 0.292. The number of thiophene rings is 1. The molecule has 8 nitrogen and oxygen atoms in total. The van der Waals surface area contributed by atoms with E-state index in [0.717, 1.165) is 21.8 Å². The normalized spacial score (nSPS) is 28.7. The molecule has 5 N–H and O–H groups in total. The molecule has 1 aliphatic rings. The van der Waals surface area contributed by atoms with E-state index in [1.165, 1.54) is 6.07 Å². The zero-order valence-corrected chi connectivity index (χ0v) is 14.2. The summed E-state index contributed by atoms with van der Waals surface area (Å²) >= 11 is 1.15. The van der Waals surface area contributed by atoms with Crippen LogP contribution in [0.25, 0.3) is 10.4 Å². The van der Waals surface area contributed by atoms with Gasteiger partial charge in [-0.1, -0.05) is 0 Å². The van der Waals surface area contributed by atoms with Crippen LogP contribution in [0.15, 0.2) is 36.4 Å². The van der Waals surface area contributed by atoms with Crippen molar-refractivity contribution in [1.82, 2.24) is 0 Å². The fourth-order valence-corrected chi connectivity index (χ4v) is 3.45. The lowest BCUT2D eigenvalue weighted by Crippen LogP contribution is -2.60. The van der Waals surface area contributed by atoms with Gasteiger partial charge in [-0.05, 0) is 42.0 Å². The molecule has 0 saturated carbocycles. The zero-order valence-electron chi connectivity index (χ0n) is 13.4. The Morgan fingerprint density at radius 3 is 2.31 bits per heavy atom.